The molecule has 3 nitrogen and oxygen atoms in total. The average Bonchev–Trinajstić information content (AvgIpc) is 2.93. The third kappa shape index (κ3) is 4.01. The van der Waals surface area contributed by atoms with Crippen LogP contribution in [0.3, 0.4) is 0 Å². The Balaban J connectivity index is 0.00000110. The van der Waals surface area contributed by atoms with E-state index in [4.69, 9.17) is 0 Å². The van der Waals surface area contributed by atoms with Crippen LogP contribution in [-0.2, 0) is 0 Å². The maximum atomic E-state index is 3.92. The summed E-state index contributed by atoms with van der Waals surface area (Å²) in [5.74, 6) is 0. The van der Waals surface area contributed by atoms with E-state index in [1.165, 1.54) is 16.5 Å². The molecule has 0 aliphatic carbocycles. The molecular weight excluding hydrogens is 305 g/mol. The zero-order valence-corrected chi connectivity index (χ0v) is 13.7. The lowest BCUT2D eigenvalue weighted by Gasteiger charge is -2.34. The molecule has 0 radical (unpaired) electrons. The van der Waals surface area contributed by atoms with Gasteiger partial charge in [-0.1, -0.05) is 18.2 Å². The Morgan fingerprint density at radius 3 is 2.67 bits per heavy atom. The van der Waals surface area contributed by atoms with Crippen molar-refractivity contribution < 1.29 is 0 Å². The fraction of sp³-hybridized carbons (Fsp3) is 0.375. The monoisotopic (exact) mass is 327 g/mol. The van der Waals surface area contributed by atoms with Crippen LogP contribution < -0.4 is 5.32 Å². The summed E-state index contributed by atoms with van der Waals surface area (Å²) in [5.41, 5.74) is 2.61. The predicted molar refractivity (Wildman–Crippen MR) is 94.8 cm³/mol. The van der Waals surface area contributed by atoms with Gasteiger partial charge in [-0.25, -0.2) is 0 Å². The van der Waals surface area contributed by atoms with Crippen molar-refractivity contribution in [3.8, 4) is 0 Å². The lowest BCUT2D eigenvalue weighted by Crippen LogP contribution is -2.45. The highest BCUT2D eigenvalue weighted by molar-refractivity contribution is 5.85. The highest BCUT2D eigenvalue weighted by Crippen LogP contribution is 2.27. The van der Waals surface area contributed by atoms with Crippen molar-refractivity contribution in [2.24, 2.45) is 0 Å². The number of halogens is 2. The molecule has 0 spiro atoms. The molecule has 3 rings (SSSR count). The Morgan fingerprint density at radius 2 is 1.95 bits per heavy atom. The Bertz CT molecular complexity index is 561. The van der Waals surface area contributed by atoms with E-state index in [1.54, 1.807) is 0 Å². The summed E-state index contributed by atoms with van der Waals surface area (Å²) in [4.78, 5) is 5.86. The summed E-state index contributed by atoms with van der Waals surface area (Å²) < 4.78 is 0. The van der Waals surface area contributed by atoms with Crippen LogP contribution in [0.2, 0.25) is 0 Å². The van der Waals surface area contributed by atoms with Gasteiger partial charge in [-0.15, -0.1) is 31.4 Å². The first-order chi connectivity index (χ1) is 9.38. The van der Waals surface area contributed by atoms with E-state index >= 15 is 0 Å². The van der Waals surface area contributed by atoms with Crippen molar-refractivity contribution in [2.45, 2.75) is 12.5 Å². The molecule has 0 bridgehead atoms. The van der Waals surface area contributed by atoms with Gasteiger partial charge < -0.3 is 10.3 Å². The first-order valence-electron chi connectivity index (χ1n) is 7.01. The second-order valence-corrected chi connectivity index (χ2v) is 5.15. The van der Waals surface area contributed by atoms with Crippen molar-refractivity contribution >= 4 is 35.7 Å². The summed E-state index contributed by atoms with van der Waals surface area (Å²) in [6, 6.07) is 9.32. The van der Waals surface area contributed by atoms with E-state index in [0.29, 0.717) is 6.04 Å². The van der Waals surface area contributed by atoms with Crippen LogP contribution in [0, 0.1) is 0 Å². The van der Waals surface area contributed by atoms with Crippen molar-refractivity contribution in [3.05, 3.63) is 48.7 Å². The predicted octanol–water partition coefficient (Wildman–Crippen LogP) is 3.53. The fourth-order valence-corrected chi connectivity index (χ4v) is 2.92. The van der Waals surface area contributed by atoms with Crippen LogP contribution in [0.1, 0.15) is 18.0 Å². The van der Waals surface area contributed by atoms with Gasteiger partial charge in [-0.3, -0.25) is 4.90 Å². The van der Waals surface area contributed by atoms with Gasteiger partial charge in [0.2, 0.25) is 0 Å². The van der Waals surface area contributed by atoms with Crippen LogP contribution in [0.15, 0.2) is 43.1 Å². The summed E-state index contributed by atoms with van der Waals surface area (Å²) in [6.07, 6.45) is 5.04. The number of nitrogens with one attached hydrogen (secondary N) is 2. The fourth-order valence-electron chi connectivity index (χ4n) is 2.92. The Hall–Kier alpha value is -1.00. The smallest absolute Gasteiger partial charge is 0.0457 e. The molecular formula is C16H23Cl2N3. The molecule has 21 heavy (non-hydrogen) atoms. The van der Waals surface area contributed by atoms with E-state index in [2.05, 4.69) is 46.0 Å². The number of hydrogen-bond donors (Lipinski definition) is 2. The zero-order valence-electron chi connectivity index (χ0n) is 12.0. The molecule has 5 heteroatoms. The lowest BCUT2D eigenvalue weighted by atomic mass is 10.00. The minimum absolute atomic E-state index is 0. The first-order valence-corrected chi connectivity index (χ1v) is 7.01. The Kier molecular flexibility index (Phi) is 7.26. The third-order valence-corrected chi connectivity index (χ3v) is 3.95. The van der Waals surface area contributed by atoms with Gasteiger partial charge >= 0.3 is 0 Å². The van der Waals surface area contributed by atoms with Crippen LogP contribution in [0.5, 0.6) is 0 Å². The number of piperazine rings is 1. The molecule has 0 amide bonds. The van der Waals surface area contributed by atoms with Crippen molar-refractivity contribution in [2.75, 3.05) is 26.2 Å². The van der Waals surface area contributed by atoms with Crippen LogP contribution in [0.4, 0.5) is 0 Å². The standard InChI is InChI=1S/C16H21N3.2ClH/c1-2-3-16(19-10-8-17-9-11-19)14-5-4-13-6-7-18-15(13)12-14;;/h2,4-7,12,16-18H,1,3,8-11H2;2*1H/t16-;;/m1../s1. The molecule has 1 aromatic heterocycles. The lowest BCUT2D eigenvalue weighted by molar-refractivity contribution is 0.174. The SMILES string of the molecule is C=CC[C@H](c1ccc2cc[nH]c2c1)N1CCNCC1.Cl.Cl. The molecule has 2 heterocycles. The number of hydrogen-bond acceptors (Lipinski definition) is 2. The van der Waals surface area contributed by atoms with E-state index in [-0.39, 0.29) is 24.8 Å². The Morgan fingerprint density at radius 1 is 1.19 bits per heavy atom. The quantitative estimate of drug-likeness (QED) is 0.841. The number of benzene rings is 1. The van der Waals surface area contributed by atoms with Crippen molar-refractivity contribution in [1.29, 1.82) is 0 Å². The van der Waals surface area contributed by atoms with Gasteiger partial charge in [0.25, 0.3) is 0 Å². The minimum Gasteiger partial charge on any atom is -0.361 e. The van der Waals surface area contributed by atoms with Crippen LogP contribution in [-0.4, -0.2) is 36.1 Å². The summed E-state index contributed by atoms with van der Waals surface area (Å²) in [6.45, 7) is 8.31. The summed E-state index contributed by atoms with van der Waals surface area (Å²) >= 11 is 0. The molecule has 1 atom stereocenters. The van der Waals surface area contributed by atoms with Gasteiger partial charge in [0.15, 0.2) is 0 Å². The second kappa shape index (κ2) is 8.44. The molecule has 1 aliphatic heterocycles. The van der Waals surface area contributed by atoms with Gasteiger partial charge in [-0.05, 0) is 29.5 Å². The van der Waals surface area contributed by atoms with Gasteiger partial charge in [-0.2, -0.15) is 0 Å². The molecule has 2 N–H and O–H groups in total. The molecule has 1 fully saturated rings. The molecule has 1 aromatic carbocycles. The van der Waals surface area contributed by atoms with E-state index in [1.807, 2.05) is 12.3 Å². The number of nitrogens with zero attached hydrogens (tertiary/aromatic N) is 1. The van der Waals surface area contributed by atoms with Gasteiger partial charge in [0.1, 0.15) is 0 Å². The van der Waals surface area contributed by atoms with E-state index < -0.39 is 0 Å². The molecule has 1 saturated heterocycles. The van der Waals surface area contributed by atoms with Crippen molar-refractivity contribution in [1.82, 2.24) is 15.2 Å². The number of fused-ring (bicyclic) bond motifs is 1. The Labute approximate surface area is 138 Å². The minimum atomic E-state index is 0. The second-order valence-electron chi connectivity index (χ2n) is 5.15. The molecule has 0 saturated carbocycles. The number of aromatic nitrogens is 1. The molecule has 1 aliphatic rings. The maximum absolute atomic E-state index is 3.92. The number of H-pyrrole nitrogens is 1. The van der Waals surface area contributed by atoms with Crippen LogP contribution in [0.25, 0.3) is 10.9 Å². The molecule has 2 aromatic rings. The molecule has 0 unspecified atom stereocenters. The number of rotatable bonds is 4. The average molecular weight is 328 g/mol. The van der Waals surface area contributed by atoms with Gasteiger partial charge in [0.05, 0.1) is 0 Å². The zero-order chi connectivity index (χ0) is 13.1. The maximum Gasteiger partial charge on any atom is 0.0457 e. The molecule has 116 valence electrons. The third-order valence-electron chi connectivity index (χ3n) is 3.95. The largest absolute Gasteiger partial charge is 0.361 e. The number of aromatic amines is 1. The summed E-state index contributed by atoms with van der Waals surface area (Å²) in [7, 11) is 0. The first kappa shape index (κ1) is 18.1. The highest BCUT2D eigenvalue weighted by atomic mass is 35.5. The topological polar surface area (TPSA) is 31.1 Å². The highest BCUT2D eigenvalue weighted by Gasteiger charge is 2.21. The van der Waals surface area contributed by atoms with E-state index in [0.717, 1.165) is 32.6 Å². The van der Waals surface area contributed by atoms with E-state index in [9.17, 15) is 0 Å². The summed E-state index contributed by atoms with van der Waals surface area (Å²) in [5, 5.41) is 4.69. The van der Waals surface area contributed by atoms with Crippen molar-refractivity contribution in [3.63, 3.8) is 0 Å². The van der Waals surface area contributed by atoms with Gasteiger partial charge in [0, 0.05) is 43.9 Å². The normalized spacial score (nSPS) is 16.8. The van der Waals surface area contributed by atoms with Crippen LogP contribution >= 0.6 is 24.8 Å².